The summed E-state index contributed by atoms with van der Waals surface area (Å²) in [5, 5.41) is 8.94. The molecule has 0 aliphatic carbocycles. The Labute approximate surface area is 164 Å². The lowest BCUT2D eigenvalue weighted by molar-refractivity contribution is -0.115. The maximum absolute atomic E-state index is 12.0. The molecule has 0 aliphatic rings. The number of benzene rings is 2. The van der Waals surface area contributed by atoms with Crippen LogP contribution in [0.25, 0.3) is 0 Å². The van der Waals surface area contributed by atoms with Crippen LogP contribution in [0.1, 0.15) is 5.56 Å². The topological polar surface area (TPSA) is 93.2 Å². The first-order valence-corrected chi connectivity index (χ1v) is 8.69. The summed E-state index contributed by atoms with van der Waals surface area (Å²) in [6, 6.07) is 13.0. The van der Waals surface area contributed by atoms with E-state index in [0.717, 1.165) is 11.3 Å². The molecule has 150 valence electrons. The molecule has 0 saturated heterocycles. The van der Waals surface area contributed by atoms with Gasteiger partial charge in [-0.1, -0.05) is 18.2 Å². The molecule has 28 heavy (non-hydrogen) atoms. The maximum Gasteiger partial charge on any atom is 0.243 e. The highest BCUT2D eigenvalue weighted by Crippen LogP contribution is 2.38. The minimum absolute atomic E-state index is 0.0871. The van der Waals surface area contributed by atoms with Crippen LogP contribution in [0.3, 0.4) is 0 Å². The lowest BCUT2D eigenvalue weighted by atomic mass is 10.2. The number of hydrogen-bond donors (Lipinski definition) is 3. The van der Waals surface area contributed by atoms with Crippen LogP contribution >= 0.6 is 0 Å². The van der Waals surface area contributed by atoms with Crippen LogP contribution in [0, 0.1) is 0 Å². The maximum atomic E-state index is 12.0. The quantitative estimate of drug-likeness (QED) is 0.475. The number of carbonyl (C=O) groups excluding carboxylic acids is 1. The Morgan fingerprint density at radius 1 is 0.964 bits per heavy atom. The zero-order chi connectivity index (χ0) is 20.4. The van der Waals surface area contributed by atoms with Gasteiger partial charge < -0.3 is 30.2 Å². The number of aliphatic imine (C=N–C) groups is 1. The summed E-state index contributed by atoms with van der Waals surface area (Å²) in [5.41, 5.74) is 1.65. The van der Waals surface area contributed by atoms with Crippen molar-refractivity contribution in [2.45, 2.75) is 6.54 Å². The number of guanidine groups is 1. The second kappa shape index (κ2) is 10.7. The Bertz CT molecular complexity index is 784. The van der Waals surface area contributed by atoms with Crippen LogP contribution in [0.15, 0.2) is 47.5 Å². The highest BCUT2D eigenvalue weighted by molar-refractivity contribution is 5.94. The van der Waals surface area contributed by atoms with Crippen molar-refractivity contribution in [3.8, 4) is 17.2 Å². The number of nitrogens with zero attached hydrogens (tertiary/aromatic N) is 1. The fraction of sp³-hybridized carbons (Fsp3) is 0.300. The summed E-state index contributed by atoms with van der Waals surface area (Å²) in [5.74, 6) is 2.01. The van der Waals surface area contributed by atoms with Gasteiger partial charge in [0.2, 0.25) is 11.7 Å². The molecule has 0 bridgehead atoms. The predicted molar refractivity (Wildman–Crippen MR) is 109 cm³/mol. The normalized spacial score (nSPS) is 10.8. The number of rotatable bonds is 8. The van der Waals surface area contributed by atoms with Gasteiger partial charge >= 0.3 is 0 Å². The first kappa shape index (κ1) is 20.9. The van der Waals surface area contributed by atoms with Gasteiger partial charge in [-0.05, 0) is 29.8 Å². The average molecular weight is 386 g/mol. The molecule has 2 aromatic rings. The van der Waals surface area contributed by atoms with Gasteiger partial charge in [-0.15, -0.1) is 0 Å². The Hall–Kier alpha value is -3.42. The zero-order valence-electron chi connectivity index (χ0n) is 16.5. The molecule has 0 radical (unpaired) electrons. The van der Waals surface area contributed by atoms with Gasteiger partial charge in [0.25, 0.3) is 0 Å². The smallest absolute Gasteiger partial charge is 0.243 e. The van der Waals surface area contributed by atoms with Crippen LogP contribution in [0.4, 0.5) is 5.69 Å². The fourth-order valence-corrected chi connectivity index (χ4v) is 2.53. The Balaban J connectivity index is 1.92. The molecule has 0 spiro atoms. The summed E-state index contributed by atoms with van der Waals surface area (Å²) in [7, 11) is 6.34. The third-order valence-corrected chi connectivity index (χ3v) is 3.88. The Morgan fingerprint density at radius 3 is 2.14 bits per heavy atom. The molecular weight excluding hydrogens is 360 g/mol. The molecule has 0 heterocycles. The third kappa shape index (κ3) is 5.80. The van der Waals surface area contributed by atoms with Gasteiger partial charge in [0.1, 0.15) is 0 Å². The fourth-order valence-electron chi connectivity index (χ4n) is 2.53. The summed E-state index contributed by atoms with van der Waals surface area (Å²) in [4.78, 5) is 16.2. The van der Waals surface area contributed by atoms with Crippen molar-refractivity contribution < 1.29 is 19.0 Å². The summed E-state index contributed by atoms with van der Waals surface area (Å²) in [6.07, 6.45) is 0. The van der Waals surface area contributed by atoms with Gasteiger partial charge in [0, 0.05) is 19.3 Å². The highest BCUT2D eigenvalue weighted by Gasteiger charge is 2.13. The number of hydrogen-bond acceptors (Lipinski definition) is 5. The van der Waals surface area contributed by atoms with Gasteiger partial charge in [-0.25, -0.2) is 0 Å². The molecule has 2 aromatic carbocycles. The summed E-state index contributed by atoms with van der Waals surface area (Å²) < 4.78 is 16.0. The average Bonchev–Trinajstić information content (AvgIpc) is 2.73. The Kier molecular flexibility index (Phi) is 7.95. The van der Waals surface area contributed by atoms with Crippen molar-refractivity contribution >= 4 is 17.6 Å². The van der Waals surface area contributed by atoms with E-state index in [1.165, 1.54) is 0 Å². The summed E-state index contributed by atoms with van der Waals surface area (Å²) in [6.45, 7) is 0.542. The summed E-state index contributed by atoms with van der Waals surface area (Å²) >= 11 is 0. The lowest BCUT2D eigenvalue weighted by Crippen LogP contribution is -2.41. The first-order valence-electron chi connectivity index (χ1n) is 8.69. The van der Waals surface area contributed by atoms with Gasteiger partial charge in [-0.3, -0.25) is 9.79 Å². The largest absolute Gasteiger partial charge is 0.493 e. The minimum Gasteiger partial charge on any atom is -0.493 e. The standard InChI is InChI=1S/C20H26N4O4/c1-21-20(23-13-18(25)24-15-8-6-5-7-9-15)22-12-14-10-16(26-2)19(28-4)17(11-14)27-3/h5-11H,12-13H2,1-4H3,(H,24,25)(H2,21,22,23). The predicted octanol–water partition coefficient (Wildman–Crippen LogP) is 2.02. The van der Waals surface area contributed by atoms with Crippen LogP contribution in [0.5, 0.6) is 17.2 Å². The van der Waals surface area contributed by atoms with E-state index in [4.69, 9.17) is 14.2 Å². The number of carbonyl (C=O) groups is 1. The number of amides is 1. The van der Waals surface area contributed by atoms with Crippen LogP contribution < -0.4 is 30.2 Å². The van der Waals surface area contributed by atoms with Crippen molar-refractivity contribution in [1.29, 1.82) is 0 Å². The monoisotopic (exact) mass is 386 g/mol. The number of anilines is 1. The minimum atomic E-state index is -0.165. The van der Waals surface area contributed by atoms with E-state index in [1.54, 1.807) is 28.4 Å². The zero-order valence-corrected chi connectivity index (χ0v) is 16.5. The lowest BCUT2D eigenvalue weighted by Gasteiger charge is -2.16. The molecular formula is C20H26N4O4. The molecule has 0 fully saturated rings. The van der Waals surface area contributed by atoms with E-state index in [-0.39, 0.29) is 12.5 Å². The third-order valence-electron chi connectivity index (χ3n) is 3.88. The molecule has 8 nitrogen and oxygen atoms in total. The van der Waals surface area contributed by atoms with E-state index in [9.17, 15) is 4.79 Å². The van der Waals surface area contributed by atoms with Gasteiger partial charge in [0.05, 0.1) is 27.9 Å². The molecule has 2 rings (SSSR count). The van der Waals surface area contributed by atoms with E-state index in [1.807, 2.05) is 42.5 Å². The Morgan fingerprint density at radius 2 is 1.61 bits per heavy atom. The first-order chi connectivity index (χ1) is 13.6. The van der Waals surface area contributed by atoms with Crippen molar-refractivity contribution in [3.05, 3.63) is 48.0 Å². The van der Waals surface area contributed by atoms with E-state index < -0.39 is 0 Å². The SMILES string of the molecule is CN=C(NCC(=O)Nc1ccccc1)NCc1cc(OC)c(OC)c(OC)c1. The second-order valence-electron chi connectivity index (χ2n) is 5.73. The molecule has 0 aliphatic heterocycles. The van der Waals surface area contributed by atoms with Crippen LogP contribution in [-0.2, 0) is 11.3 Å². The molecule has 0 aromatic heterocycles. The molecule has 8 heteroatoms. The number of methoxy groups -OCH3 is 3. The highest BCUT2D eigenvalue weighted by atomic mass is 16.5. The van der Waals surface area contributed by atoms with Crippen LogP contribution in [0.2, 0.25) is 0 Å². The van der Waals surface area contributed by atoms with Crippen molar-refractivity contribution in [1.82, 2.24) is 10.6 Å². The van der Waals surface area contributed by atoms with Gasteiger partial charge in [0.15, 0.2) is 17.5 Å². The second-order valence-corrected chi connectivity index (χ2v) is 5.73. The number of para-hydroxylation sites is 1. The molecule has 0 atom stereocenters. The van der Waals surface area contributed by atoms with E-state index in [2.05, 4.69) is 20.9 Å². The molecule has 0 unspecified atom stereocenters. The number of nitrogens with one attached hydrogen (secondary N) is 3. The van der Waals surface area contributed by atoms with Crippen LogP contribution in [-0.4, -0.2) is 46.8 Å². The van der Waals surface area contributed by atoms with E-state index in [0.29, 0.717) is 29.8 Å². The molecule has 3 N–H and O–H groups in total. The number of ether oxygens (including phenoxy) is 3. The molecule has 1 amide bonds. The van der Waals surface area contributed by atoms with Gasteiger partial charge in [-0.2, -0.15) is 0 Å². The van der Waals surface area contributed by atoms with Crippen molar-refractivity contribution in [3.63, 3.8) is 0 Å². The van der Waals surface area contributed by atoms with Crippen molar-refractivity contribution in [2.75, 3.05) is 40.2 Å². The van der Waals surface area contributed by atoms with E-state index >= 15 is 0 Å². The van der Waals surface area contributed by atoms with Crippen molar-refractivity contribution in [2.24, 2.45) is 4.99 Å². The molecule has 0 saturated carbocycles.